The molecule has 0 saturated heterocycles. The number of ether oxygens (including phenoxy) is 4. The van der Waals surface area contributed by atoms with Crippen LogP contribution in [-0.2, 0) is 19.0 Å². The van der Waals surface area contributed by atoms with Gasteiger partial charge in [0.1, 0.15) is 5.75 Å². The van der Waals surface area contributed by atoms with Gasteiger partial charge in [-0.15, -0.1) is 0 Å². The summed E-state index contributed by atoms with van der Waals surface area (Å²) in [5, 5.41) is 2.55. The van der Waals surface area contributed by atoms with Gasteiger partial charge < -0.3 is 18.9 Å². The van der Waals surface area contributed by atoms with E-state index in [9.17, 15) is 4.79 Å². The first-order chi connectivity index (χ1) is 10.6. The first kappa shape index (κ1) is 18.0. The van der Waals surface area contributed by atoms with E-state index < -0.39 is 12.6 Å². The average molecular weight is 314 g/mol. The van der Waals surface area contributed by atoms with Crippen LogP contribution in [-0.4, -0.2) is 40.0 Å². The molecule has 0 unspecified atom stereocenters. The van der Waals surface area contributed by atoms with Crippen molar-refractivity contribution in [3.63, 3.8) is 0 Å². The van der Waals surface area contributed by atoms with E-state index in [0.717, 1.165) is 0 Å². The number of nitrogens with one attached hydrogen (secondary N) is 2. The van der Waals surface area contributed by atoms with Crippen molar-refractivity contribution in [2.24, 2.45) is 0 Å². The van der Waals surface area contributed by atoms with Gasteiger partial charge in [0, 0.05) is 13.2 Å². The quantitative estimate of drug-likeness (QED) is 0.535. The molecule has 124 valence electrons. The Bertz CT molecular complexity index is 463. The van der Waals surface area contributed by atoms with Crippen LogP contribution in [0.3, 0.4) is 0 Å². The maximum Gasteiger partial charge on any atom is 0.411 e. The van der Waals surface area contributed by atoms with E-state index >= 15 is 0 Å². The van der Waals surface area contributed by atoms with Gasteiger partial charge in [-0.1, -0.05) is 0 Å². The second kappa shape index (κ2) is 9.82. The average Bonchev–Trinajstić information content (AvgIpc) is 2.53. The molecule has 8 nitrogen and oxygen atoms in total. The molecular weight excluding hydrogens is 292 g/mol. The van der Waals surface area contributed by atoms with Crippen LogP contribution in [0.15, 0.2) is 18.2 Å². The van der Waals surface area contributed by atoms with Crippen molar-refractivity contribution in [1.82, 2.24) is 0 Å². The van der Waals surface area contributed by atoms with Crippen LogP contribution >= 0.6 is 0 Å². The van der Waals surface area contributed by atoms with Crippen molar-refractivity contribution < 1.29 is 28.6 Å². The number of benzene rings is 1. The normalized spacial score (nSPS) is 10.4. The summed E-state index contributed by atoms with van der Waals surface area (Å²) in [6.45, 7) is 3.74. The maximum atomic E-state index is 11.3. The lowest BCUT2D eigenvalue weighted by atomic mass is 10.2. The number of hydrogen-bond acceptors (Lipinski definition) is 7. The summed E-state index contributed by atoms with van der Waals surface area (Å²) < 4.78 is 20.2. The van der Waals surface area contributed by atoms with Gasteiger partial charge in [0.2, 0.25) is 0 Å². The Kier molecular flexibility index (Phi) is 8.05. The zero-order chi connectivity index (χ0) is 16.4. The fourth-order valence-corrected chi connectivity index (χ4v) is 1.53. The van der Waals surface area contributed by atoms with E-state index in [4.69, 9.17) is 19.0 Å². The lowest BCUT2D eigenvalue weighted by Crippen LogP contribution is -2.24. The van der Waals surface area contributed by atoms with E-state index in [1.165, 1.54) is 14.2 Å². The van der Waals surface area contributed by atoms with E-state index in [1.807, 2.05) is 13.8 Å². The van der Waals surface area contributed by atoms with Gasteiger partial charge in [-0.05, 0) is 32.0 Å². The molecule has 0 radical (unpaired) electrons. The SMILES string of the molecule is CCOC(OCC)ONc1ccc(OC)c(NC(=O)OC)c1. The smallest absolute Gasteiger partial charge is 0.411 e. The molecule has 0 aromatic heterocycles. The van der Waals surface area contributed by atoms with Crippen molar-refractivity contribution >= 4 is 17.5 Å². The number of rotatable bonds is 9. The summed E-state index contributed by atoms with van der Waals surface area (Å²) in [6.07, 6.45) is -0.599. The van der Waals surface area contributed by atoms with Crippen LogP contribution in [0.1, 0.15) is 13.8 Å². The number of carbonyl (C=O) groups excluding carboxylic acids is 1. The van der Waals surface area contributed by atoms with Crippen LogP contribution < -0.4 is 15.5 Å². The zero-order valence-electron chi connectivity index (χ0n) is 13.2. The molecule has 0 aliphatic heterocycles. The third kappa shape index (κ3) is 5.76. The summed E-state index contributed by atoms with van der Waals surface area (Å²) >= 11 is 0. The number of amides is 1. The zero-order valence-corrected chi connectivity index (χ0v) is 13.2. The molecule has 0 saturated carbocycles. The minimum absolute atomic E-state index is 0.437. The third-order valence-corrected chi connectivity index (χ3v) is 2.50. The Morgan fingerprint density at radius 3 is 2.41 bits per heavy atom. The van der Waals surface area contributed by atoms with Gasteiger partial charge in [0.25, 0.3) is 6.48 Å². The van der Waals surface area contributed by atoms with Crippen molar-refractivity contribution in [2.45, 2.75) is 20.3 Å². The fourth-order valence-electron chi connectivity index (χ4n) is 1.53. The predicted octanol–water partition coefficient (Wildman–Crippen LogP) is 2.57. The Morgan fingerprint density at radius 2 is 1.86 bits per heavy atom. The summed E-state index contributed by atoms with van der Waals surface area (Å²) in [5.41, 5.74) is 3.72. The molecule has 1 amide bonds. The van der Waals surface area contributed by atoms with E-state index in [-0.39, 0.29) is 0 Å². The summed E-state index contributed by atoms with van der Waals surface area (Å²) in [5.74, 6) is 0.488. The summed E-state index contributed by atoms with van der Waals surface area (Å²) in [4.78, 5) is 16.6. The van der Waals surface area contributed by atoms with Crippen molar-refractivity contribution in [2.75, 3.05) is 38.2 Å². The van der Waals surface area contributed by atoms with Crippen LogP contribution in [0.25, 0.3) is 0 Å². The highest BCUT2D eigenvalue weighted by Crippen LogP contribution is 2.28. The molecule has 0 heterocycles. The highest BCUT2D eigenvalue weighted by Gasteiger charge is 2.11. The molecule has 8 heteroatoms. The van der Waals surface area contributed by atoms with Gasteiger partial charge in [0.15, 0.2) is 0 Å². The number of methoxy groups -OCH3 is 2. The summed E-state index contributed by atoms with van der Waals surface area (Å²) in [6, 6.07) is 5.02. The van der Waals surface area contributed by atoms with E-state index in [0.29, 0.717) is 30.3 Å². The molecule has 0 atom stereocenters. The van der Waals surface area contributed by atoms with Gasteiger partial charge in [-0.25, -0.2) is 9.63 Å². The topological polar surface area (TPSA) is 87.3 Å². The predicted molar refractivity (Wildman–Crippen MR) is 80.8 cm³/mol. The monoisotopic (exact) mass is 314 g/mol. The fraction of sp³-hybridized carbons (Fsp3) is 0.500. The molecule has 0 aliphatic carbocycles. The lowest BCUT2D eigenvalue weighted by Gasteiger charge is -2.18. The number of carbonyl (C=O) groups is 1. The minimum atomic E-state index is -0.825. The second-order valence-corrected chi connectivity index (χ2v) is 3.95. The lowest BCUT2D eigenvalue weighted by molar-refractivity contribution is -0.273. The molecule has 2 N–H and O–H groups in total. The Hall–Kier alpha value is -2.03. The molecule has 22 heavy (non-hydrogen) atoms. The number of anilines is 2. The Labute approximate surface area is 129 Å². The van der Waals surface area contributed by atoms with Crippen LogP contribution in [0.5, 0.6) is 5.75 Å². The molecule has 0 spiro atoms. The van der Waals surface area contributed by atoms with Crippen LogP contribution in [0, 0.1) is 0 Å². The van der Waals surface area contributed by atoms with Crippen molar-refractivity contribution in [3.05, 3.63) is 18.2 Å². The second-order valence-electron chi connectivity index (χ2n) is 3.95. The molecule has 0 aliphatic rings. The first-order valence-corrected chi connectivity index (χ1v) is 6.82. The minimum Gasteiger partial charge on any atom is -0.495 e. The molecular formula is C14H22N2O6. The van der Waals surface area contributed by atoms with Gasteiger partial charge in [-0.2, -0.15) is 0 Å². The summed E-state index contributed by atoms with van der Waals surface area (Å²) in [7, 11) is 2.78. The first-order valence-electron chi connectivity index (χ1n) is 6.82. The third-order valence-electron chi connectivity index (χ3n) is 2.50. The molecule has 1 rings (SSSR count). The van der Waals surface area contributed by atoms with Gasteiger partial charge >= 0.3 is 6.09 Å². The molecule has 1 aromatic carbocycles. The van der Waals surface area contributed by atoms with Crippen molar-refractivity contribution in [3.8, 4) is 5.75 Å². The molecule has 1 aromatic rings. The van der Waals surface area contributed by atoms with Crippen LogP contribution in [0.4, 0.5) is 16.2 Å². The highest BCUT2D eigenvalue weighted by molar-refractivity contribution is 5.87. The highest BCUT2D eigenvalue weighted by atomic mass is 16.9. The molecule has 0 bridgehead atoms. The maximum absolute atomic E-state index is 11.3. The van der Waals surface area contributed by atoms with Gasteiger partial charge in [-0.3, -0.25) is 10.8 Å². The van der Waals surface area contributed by atoms with Crippen LogP contribution in [0.2, 0.25) is 0 Å². The Balaban J connectivity index is 2.74. The number of hydrogen-bond donors (Lipinski definition) is 2. The largest absolute Gasteiger partial charge is 0.495 e. The Morgan fingerprint density at radius 1 is 1.18 bits per heavy atom. The standard InChI is InChI=1S/C14H22N2O6/c1-5-20-14(21-6-2)22-16-10-7-8-12(18-3)11(9-10)15-13(17)19-4/h7-9,14,16H,5-6H2,1-4H3,(H,15,17). The molecule has 0 fully saturated rings. The van der Waals surface area contributed by atoms with Crippen molar-refractivity contribution in [1.29, 1.82) is 0 Å². The van der Waals surface area contributed by atoms with E-state index in [1.54, 1.807) is 18.2 Å². The van der Waals surface area contributed by atoms with E-state index in [2.05, 4.69) is 15.5 Å². The van der Waals surface area contributed by atoms with Gasteiger partial charge in [0.05, 0.1) is 25.6 Å².